The molecule has 7 nitrogen and oxygen atoms in total. The summed E-state index contributed by atoms with van der Waals surface area (Å²) < 4.78 is 45.6. The Hall–Kier alpha value is -2.04. The van der Waals surface area contributed by atoms with Crippen LogP contribution >= 0.6 is 15.9 Å². The van der Waals surface area contributed by atoms with E-state index in [-0.39, 0.29) is 11.7 Å². The maximum absolute atomic E-state index is 12.9. The van der Waals surface area contributed by atoms with Gasteiger partial charge in [0, 0.05) is 20.1 Å². The monoisotopic (exact) mass is 422 g/mol. The van der Waals surface area contributed by atoms with Crippen molar-refractivity contribution in [2.45, 2.75) is 25.1 Å². The van der Waals surface area contributed by atoms with Crippen molar-refractivity contribution >= 4 is 21.8 Å². The second kappa shape index (κ2) is 6.36. The summed E-state index contributed by atoms with van der Waals surface area (Å²) in [6.45, 7) is 0.596. The summed E-state index contributed by atoms with van der Waals surface area (Å²) in [5.41, 5.74) is -0.813. The summed E-state index contributed by atoms with van der Waals surface area (Å²) in [4.78, 5) is 25.9. The number of amides is 1. The zero-order valence-corrected chi connectivity index (χ0v) is 14.7. The average molecular weight is 423 g/mol. The summed E-state index contributed by atoms with van der Waals surface area (Å²) >= 11 is 3.12. The Balaban J connectivity index is 1.73. The molecule has 0 atom stereocenters. The van der Waals surface area contributed by atoms with Crippen LogP contribution in [-0.2, 0) is 13.2 Å². The van der Waals surface area contributed by atoms with Crippen molar-refractivity contribution in [1.29, 1.82) is 0 Å². The Morgan fingerprint density at radius 2 is 1.96 bits per heavy atom. The molecule has 0 aliphatic carbocycles. The van der Waals surface area contributed by atoms with Gasteiger partial charge in [-0.1, -0.05) is 0 Å². The number of piperidine rings is 1. The number of alkyl halides is 3. The van der Waals surface area contributed by atoms with E-state index in [9.17, 15) is 22.8 Å². The molecule has 1 saturated heterocycles. The summed E-state index contributed by atoms with van der Waals surface area (Å²) in [5, 5.41) is 3.45. The van der Waals surface area contributed by atoms with E-state index in [1.165, 1.54) is 6.07 Å². The summed E-state index contributed by atoms with van der Waals surface area (Å²) in [6, 6.07) is 2.66. The normalized spacial score (nSPS) is 16.4. The van der Waals surface area contributed by atoms with Crippen molar-refractivity contribution in [2.24, 2.45) is 7.05 Å². The van der Waals surface area contributed by atoms with Gasteiger partial charge in [0.1, 0.15) is 0 Å². The van der Waals surface area contributed by atoms with Crippen LogP contribution in [0.2, 0.25) is 0 Å². The number of carbonyl (C=O) groups excluding carboxylic acids is 1. The molecule has 11 heteroatoms. The van der Waals surface area contributed by atoms with E-state index in [1.54, 1.807) is 11.0 Å². The van der Waals surface area contributed by atoms with E-state index in [1.807, 2.05) is 0 Å². The molecule has 3 heterocycles. The third-order valence-electron chi connectivity index (χ3n) is 4.14. The number of nitrogens with zero attached hydrogens (tertiary/aromatic N) is 4. The fourth-order valence-corrected chi connectivity index (χ4v) is 3.15. The Labute approximate surface area is 148 Å². The topological polar surface area (TPSA) is 73.3 Å². The third kappa shape index (κ3) is 3.37. The Bertz CT molecular complexity index is 846. The van der Waals surface area contributed by atoms with E-state index in [0.717, 1.165) is 11.7 Å². The van der Waals surface area contributed by atoms with E-state index in [2.05, 4.69) is 21.0 Å². The number of carbonyl (C=O) groups is 1. The van der Waals surface area contributed by atoms with Gasteiger partial charge in [-0.3, -0.25) is 9.36 Å². The van der Waals surface area contributed by atoms with Gasteiger partial charge >= 0.3 is 11.9 Å². The molecule has 2 aromatic heterocycles. The molecule has 0 saturated carbocycles. The van der Waals surface area contributed by atoms with Gasteiger partial charge < -0.3 is 9.32 Å². The molecule has 0 radical (unpaired) electrons. The van der Waals surface area contributed by atoms with Gasteiger partial charge in [-0.25, -0.2) is 9.48 Å². The van der Waals surface area contributed by atoms with Gasteiger partial charge in [0.15, 0.2) is 10.4 Å². The lowest BCUT2D eigenvalue weighted by Crippen LogP contribution is -2.41. The van der Waals surface area contributed by atoms with Crippen LogP contribution < -0.4 is 5.69 Å². The molecular formula is C14H14BrF3N4O3. The van der Waals surface area contributed by atoms with Crippen molar-refractivity contribution in [3.63, 3.8) is 0 Å². The predicted octanol–water partition coefficient (Wildman–Crippen LogP) is 2.43. The van der Waals surface area contributed by atoms with Crippen LogP contribution in [0, 0.1) is 0 Å². The van der Waals surface area contributed by atoms with Gasteiger partial charge in [0.25, 0.3) is 5.91 Å². The van der Waals surface area contributed by atoms with Gasteiger partial charge in [0.2, 0.25) is 5.82 Å². The number of hydrogen-bond acceptors (Lipinski definition) is 4. The summed E-state index contributed by atoms with van der Waals surface area (Å²) in [7, 11) is 1.04. The quantitative estimate of drug-likeness (QED) is 0.744. The molecular weight excluding hydrogens is 409 g/mol. The fraction of sp³-hybridized carbons (Fsp3) is 0.500. The van der Waals surface area contributed by atoms with Gasteiger partial charge in [-0.15, -0.1) is 5.10 Å². The maximum Gasteiger partial charge on any atom is 0.451 e. The first kappa shape index (κ1) is 17.8. The molecule has 0 spiro atoms. The minimum Gasteiger partial charge on any atom is -0.444 e. The highest BCUT2D eigenvalue weighted by atomic mass is 79.9. The van der Waals surface area contributed by atoms with E-state index in [0.29, 0.717) is 35.2 Å². The second-order valence-corrected chi connectivity index (χ2v) is 6.52. The fourth-order valence-electron chi connectivity index (χ4n) is 2.84. The molecule has 0 unspecified atom stereocenters. The largest absolute Gasteiger partial charge is 0.451 e. The molecule has 0 bridgehead atoms. The van der Waals surface area contributed by atoms with Crippen molar-refractivity contribution in [2.75, 3.05) is 13.1 Å². The SMILES string of the molecule is Cn1c(C(F)(F)F)nn(C2CCN(C(=O)c3ccc(Br)o3)CC2)c1=O. The molecule has 1 amide bonds. The van der Waals surface area contributed by atoms with Crippen molar-refractivity contribution in [3.05, 3.63) is 38.9 Å². The van der Waals surface area contributed by atoms with E-state index in [4.69, 9.17) is 4.42 Å². The van der Waals surface area contributed by atoms with Crippen LogP contribution in [0.25, 0.3) is 0 Å². The molecule has 3 rings (SSSR count). The van der Waals surface area contributed by atoms with Gasteiger partial charge in [0.05, 0.1) is 6.04 Å². The Morgan fingerprint density at radius 1 is 1.32 bits per heavy atom. The standard InChI is InChI=1S/C14H14BrF3N4O3/c1-20-12(14(16,17)18)19-22(13(20)24)8-4-6-21(7-5-8)11(23)9-2-3-10(15)25-9/h2-3,8H,4-7H2,1H3. The third-order valence-corrected chi connectivity index (χ3v) is 4.56. The first-order valence-corrected chi connectivity index (χ1v) is 8.25. The highest BCUT2D eigenvalue weighted by Gasteiger charge is 2.39. The lowest BCUT2D eigenvalue weighted by molar-refractivity contribution is -0.147. The molecule has 25 heavy (non-hydrogen) atoms. The highest BCUT2D eigenvalue weighted by Crippen LogP contribution is 2.28. The average Bonchev–Trinajstić information content (AvgIpc) is 3.11. The van der Waals surface area contributed by atoms with Crippen molar-refractivity contribution in [1.82, 2.24) is 19.2 Å². The summed E-state index contributed by atoms with van der Waals surface area (Å²) in [6.07, 6.45) is -4.02. The van der Waals surface area contributed by atoms with Crippen LogP contribution in [0.5, 0.6) is 0 Å². The molecule has 1 fully saturated rings. The summed E-state index contributed by atoms with van der Waals surface area (Å²) in [5.74, 6) is -1.34. The lowest BCUT2D eigenvalue weighted by atomic mass is 10.1. The minimum absolute atomic E-state index is 0.180. The van der Waals surface area contributed by atoms with Gasteiger partial charge in [-0.2, -0.15) is 13.2 Å². The molecule has 0 N–H and O–H groups in total. The van der Waals surface area contributed by atoms with Crippen molar-refractivity contribution < 1.29 is 22.4 Å². The molecule has 2 aromatic rings. The number of furan rings is 1. The second-order valence-electron chi connectivity index (χ2n) is 5.73. The van der Waals surface area contributed by atoms with Crippen LogP contribution in [0.3, 0.4) is 0 Å². The zero-order valence-electron chi connectivity index (χ0n) is 13.1. The number of aromatic nitrogens is 3. The first-order valence-electron chi connectivity index (χ1n) is 7.46. The van der Waals surface area contributed by atoms with Crippen LogP contribution in [0.1, 0.15) is 35.3 Å². The number of likely N-dealkylation sites (tertiary alicyclic amines) is 1. The van der Waals surface area contributed by atoms with Crippen molar-refractivity contribution in [3.8, 4) is 0 Å². The zero-order chi connectivity index (χ0) is 18.4. The van der Waals surface area contributed by atoms with Crippen LogP contribution in [-0.4, -0.2) is 38.2 Å². The molecule has 136 valence electrons. The first-order chi connectivity index (χ1) is 11.7. The van der Waals surface area contributed by atoms with E-state index >= 15 is 0 Å². The van der Waals surface area contributed by atoms with Crippen LogP contribution in [0.15, 0.2) is 26.0 Å². The smallest absolute Gasteiger partial charge is 0.444 e. The highest BCUT2D eigenvalue weighted by molar-refractivity contribution is 9.10. The molecule has 1 aliphatic rings. The van der Waals surface area contributed by atoms with Crippen LogP contribution in [0.4, 0.5) is 13.2 Å². The van der Waals surface area contributed by atoms with E-state index < -0.39 is 23.7 Å². The van der Waals surface area contributed by atoms with Gasteiger partial charge in [-0.05, 0) is 40.9 Å². The lowest BCUT2D eigenvalue weighted by Gasteiger charge is -2.31. The molecule has 1 aliphatic heterocycles. The number of rotatable bonds is 2. The minimum atomic E-state index is -4.69. The Morgan fingerprint density at radius 3 is 2.44 bits per heavy atom. The maximum atomic E-state index is 12.9. The number of halogens is 4. The number of hydrogen-bond donors (Lipinski definition) is 0. The molecule has 0 aromatic carbocycles. The Kier molecular flexibility index (Phi) is 4.52. The predicted molar refractivity (Wildman–Crippen MR) is 83.1 cm³/mol.